The molecule has 0 saturated carbocycles. The number of thioether (sulfide) groups is 1. The van der Waals surface area contributed by atoms with Crippen molar-refractivity contribution in [3.63, 3.8) is 0 Å². The molecular formula is C19H18O4S2. The lowest BCUT2D eigenvalue weighted by Gasteiger charge is -2.09. The van der Waals surface area contributed by atoms with Crippen molar-refractivity contribution in [2.75, 3.05) is 5.75 Å². The van der Waals surface area contributed by atoms with Crippen LogP contribution in [0.1, 0.15) is 21.6 Å². The average Bonchev–Trinajstić information content (AvgIpc) is 3.07. The molecule has 0 spiro atoms. The molecule has 0 amide bonds. The maximum Gasteiger partial charge on any atom is 0.336 e. The van der Waals surface area contributed by atoms with Crippen molar-refractivity contribution in [3.05, 3.63) is 67.7 Å². The second-order valence-electron chi connectivity index (χ2n) is 5.76. The fourth-order valence-electron chi connectivity index (χ4n) is 2.43. The van der Waals surface area contributed by atoms with E-state index in [9.17, 15) is 9.59 Å². The van der Waals surface area contributed by atoms with E-state index < -0.39 is 5.63 Å². The van der Waals surface area contributed by atoms with Gasteiger partial charge in [-0.2, -0.15) is 0 Å². The molecule has 0 atom stereocenters. The fraction of sp³-hybridized carbons (Fsp3) is 0.263. The van der Waals surface area contributed by atoms with E-state index >= 15 is 0 Å². The molecule has 0 aliphatic carbocycles. The summed E-state index contributed by atoms with van der Waals surface area (Å²) in [6.07, 6.45) is 0. The third-order valence-electron chi connectivity index (χ3n) is 3.88. The highest BCUT2D eigenvalue weighted by molar-refractivity contribution is 7.99. The van der Waals surface area contributed by atoms with Crippen LogP contribution in [-0.4, -0.2) is 11.7 Å². The standard InChI is InChI=1S/C19H18O4S2/c1-12-6-16-14(8-18(20)23-17(16)7-13(12)2)9-22-19(21)11-24-10-15-4-3-5-25-15/h3-8H,9-11H2,1-2H3. The fourth-order valence-corrected chi connectivity index (χ4v) is 4.09. The molecule has 1 aromatic carbocycles. The van der Waals surface area contributed by atoms with Crippen LogP contribution < -0.4 is 5.63 Å². The Bertz CT molecular complexity index is 942. The second kappa shape index (κ2) is 7.89. The molecule has 0 bridgehead atoms. The van der Waals surface area contributed by atoms with Gasteiger partial charge < -0.3 is 9.15 Å². The van der Waals surface area contributed by atoms with Gasteiger partial charge in [0.1, 0.15) is 12.2 Å². The molecule has 0 N–H and O–H groups in total. The zero-order valence-electron chi connectivity index (χ0n) is 14.0. The summed E-state index contributed by atoms with van der Waals surface area (Å²) >= 11 is 3.19. The Kier molecular flexibility index (Phi) is 5.60. The molecule has 3 rings (SSSR count). The third-order valence-corrected chi connectivity index (χ3v) is 5.89. The Hall–Kier alpha value is -2.05. The molecule has 25 heavy (non-hydrogen) atoms. The highest BCUT2D eigenvalue weighted by Gasteiger charge is 2.10. The van der Waals surface area contributed by atoms with Crippen molar-refractivity contribution in [1.29, 1.82) is 0 Å². The number of ether oxygens (including phenoxy) is 1. The summed E-state index contributed by atoms with van der Waals surface area (Å²) in [5, 5.41) is 2.83. The zero-order valence-corrected chi connectivity index (χ0v) is 15.7. The van der Waals surface area contributed by atoms with Gasteiger partial charge >= 0.3 is 11.6 Å². The van der Waals surface area contributed by atoms with Gasteiger partial charge in [-0.25, -0.2) is 4.79 Å². The maximum absolute atomic E-state index is 11.9. The Morgan fingerprint density at radius 2 is 2.04 bits per heavy atom. The number of hydrogen-bond acceptors (Lipinski definition) is 6. The first-order valence-electron chi connectivity index (χ1n) is 7.82. The minimum Gasteiger partial charge on any atom is -0.460 e. The Labute approximate surface area is 153 Å². The molecule has 6 heteroatoms. The van der Waals surface area contributed by atoms with Gasteiger partial charge in [-0.05, 0) is 48.6 Å². The Balaban J connectivity index is 1.65. The first kappa shape index (κ1) is 17.8. The summed E-state index contributed by atoms with van der Waals surface area (Å²) in [7, 11) is 0. The number of fused-ring (bicyclic) bond motifs is 1. The second-order valence-corrected chi connectivity index (χ2v) is 7.77. The van der Waals surface area contributed by atoms with E-state index in [1.807, 2.05) is 43.5 Å². The first-order valence-corrected chi connectivity index (χ1v) is 9.86. The van der Waals surface area contributed by atoms with Crippen LogP contribution in [0.3, 0.4) is 0 Å². The molecule has 4 nitrogen and oxygen atoms in total. The van der Waals surface area contributed by atoms with Crippen LogP contribution in [0.15, 0.2) is 44.9 Å². The van der Waals surface area contributed by atoms with Crippen molar-refractivity contribution in [1.82, 2.24) is 0 Å². The Morgan fingerprint density at radius 1 is 1.24 bits per heavy atom. The van der Waals surface area contributed by atoms with Crippen molar-refractivity contribution in [2.24, 2.45) is 0 Å². The number of hydrogen-bond donors (Lipinski definition) is 0. The molecule has 0 aliphatic heterocycles. The largest absolute Gasteiger partial charge is 0.460 e. The molecule has 0 unspecified atom stereocenters. The normalized spacial score (nSPS) is 11.0. The topological polar surface area (TPSA) is 56.5 Å². The van der Waals surface area contributed by atoms with E-state index in [0.717, 1.165) is 22.3 Å². The van der Waals surface area contributed by atoms with E-state index in [0.29, 0.717) is 11.1 Å². The predicted molar refractivity (Wildman–Crippen MR) is 102 cm³/mol. The summed E-state index contributed by atoms with van der Waals surface area (Å²) in [5.74, 6) is 0.796. The van der Waals surface area contributed by atoms with Crippen LogP contribution in [-0.2, 0) is 21.9 Å². The number of thiophene rings is 1. The zero-order chi connectivity index (χ0) is 17.8. The van der Waals surface area contributed by atoms with Gasteiger partial charge in [0.15, 0.2) is 0 Å². The number of esters is 1. The minimum absolute atomic E-state index is 0.0724. The predicted octanol–water partition coefficient (Wildman–Crippen LogP) is 4.45. The number of rotatable bonds is 6. The van der Waals surface area contributed by atoms with Gasteiger partial charge in [-0.3, -0.25) is 4.79 Å². The molecule has 0 fully saturated rings. The van der Waals surface area contributed by atoms with Gasteiger partial charge in [0, 0.05) is 27.6 Å². The van der Waals surface area contributed by atoms with Gasteiger partial charge in [0.05, 0.1) is 5.75 Å². The third kappa shape index (κ3) is 4.52. The maximum atomic E-state index is 11.9. The smallest absolute Gasteiger partial charge is 0.336 e. The lowest BCUT2D eigenvalue weighted by molar-refractivity contribution is -0.141. The molecule has 0 saturated heterocycles. The molecule has 0 radical (unpaired) electrons. The van der Waals surface area contributed by atoms with Crippen LogP contribution in [0.5, 0.6) is 0 Å². The van der Waals surface area contributed by atoms with Gasteiger partial charge in [-0.15, -0.1) is 23.1 Å². The summed E-state index contributed by atoms with van der Waals surface area (Å²) in [5.41, 5.74) is 2.91. The average molecular weight is 374 g/mol. The van der Waals surface area contributed by atoms with Crippen molar-refractivity contribution >= 4 is 40.0 Å². The van der Waals surface area contributed by atoms with Crippen LogP contribution in [0.2, 0.25) is 0 Å². The highest BCUT2D eigenvalue weighted by Crippen LogP contribution is 2.22. The number of aryl methyl sites for hydroxylation is 2. The number of benzene rings is 1. The van der Waals surface area contributed by atoms with Crippen molar-refractivity contribution in [2.45, 2.75) is 26.2 Å². The van der Waals surface area contributed by atoms with Gasteiger partial charge in [0.2, 0.25) is 0 Å². The molecule has 130 valence electrons. The Morgan fingerprint density at radius 3 is 2.80 bits per heavy atom. The summed E-state index contributed by atoms with van der Waals surface area (Å²) in [6, 6.07) is 9.23. The van der Waals surface area contributed by atoms with E-state index in [2.05, 4.69) is 0 Å². The van der Waals surface area contributed by atoms with E-state index in [4.69, 9.17) is 9.15 Å². The molecule has 3 aromatic rings. The number of carbonyl (C=O) groups excluding carboxylic acids is 1. The quantitative estimate of drug-likeness (QED) is 0.471. The van der Waals surface area contributed by atoms with Crippen LogP contribution in [0, 0.1) is 13.8 Å². The SMILES string of the molecule is Cc1cc2oc(=O)cc(COC(=O)CSCc3cccs3)c2cc1C. The van der Waals surface area contributed by atoms with E-state index in [1.54, 1.807) is 11.3 Å². The van der Waals surface area contributed by atoms with Crippen molar-refractivity contribution in [3.8, 4) is 0 Å². The summed E-state index contributed by atoms with van der Waals surface area (Å²) < 4.78 is 10.6. The number of carbonyl (C=O) groups is 1. The van der Waals surface area contributed by atoms with E-state index in [1.165, 1.54) is 22.7 Å². The van der Waals surface area contributed by atoms with Crippen molar-refractivity contribution < 1.29 is 13.9 Å². The monoisotopic (exact) mass is 374 g/mol. The highest BCUT2D eigenvalue weighted by atomic mass is 32.2. The van der Waals surface area contributed by atoms with Gasteiger partial charge in [-0.1, -0.05) is 6.07 Å². The molecule has 2 aromatic heterocycles. The van der Waals surface area contributed by atoms with Crippen LogP contribution >= 0.6 is 23.1 Å². The summed E-state index contributed by atoms with van der Waals surface area (Å²) in [4.78, 5) is 24.9. The van der Waals surface area contributed by atoms with Gasteiger partial charge in [0.25, 0.3) is 0 Å². The van der Waals surface area contributed by atoms with Crippen LogP contribution in [0.4, 0.5) is 0 Å². The first-order chi connectivity index (χ1) is 12.0. The molecule has 0 aliphatic rings. The van der Waals surface area contributed by atoms with Crippen LogP contribution in [0.25, 0.3) is 11.0 Å². The minimum atomic E-state index is -0.436. The lowest BCUT2D eigenvalue weighted by Crippen LogP contribution is -2.09. The lowest BCUT2D eigenvalue weighted by atomic mass is 10.0. The summed E-state index contributed by atoms with van der Waals surface area (Å²) in [6.45, 7) is 4.03. The molecule has 2 heterocycles. The van der Waals surface area contributed by atoms with E-state index in [-0.39, 0.29) is 18.3 Å². The molecular weight excluding hydrogens is 356 g/mol.